The van der Waals surface area contributed by atoms with Crippen LogP contribution in [0.2, 0.25) is 0 Å². The summed E-state index contributed by atoms with van der Waals surface area (Å²) in [7, 11) is 0. The van der Waals surface area contributed by atoms with Crippen LogP contribution in [-0.4, -0.2) is 24.9 Å². The van der Waals surface area contributed by atoms with Gasteiger partial charge in [0.25, 0.3) is 0 Å². The predicted octanol–water partition coefficient (Wildman–Crippen LogP) is 3.30. The maximum absolute atomic E-state index is 13.3. The van der Waals surface area contributed by atoms with E-state index in [2.05, 4.69) is 21.2 Å². The lowest BCUT2D eigenvalue weighted by Gasteiger charge is -2.21. The van der Waals surface area contributed by atoms with E-state index in [1.807, 2.05) is 24.3 Å². The normalized spacial score (nSPS) is 10.3. The van der Waals surface area contributed by atoms with Crippen molar-refractivity contribution in [2.24, 2.45) is 0 Å². The lowest BCUT2D eigenvalue weighted by atomic mass is 10.1. The molecule has 0 spiro atoms. The van der Waals surface area contributed by atoms with Crippen LogP contribution in [0.1, 0.15) is 12.5 Å². The van der Waals surface area contributed by atoms with Crippen LogP contribution in [-0.2, 0) is 16.0 Å². The number of hydrogen-bond donors (Lipinski definition) is 1. The second kappa shape index (κ2) is 8.59. The molecule has 0 bridgehead atoms. The summed E-state index contributed by atoms with van der Waals surface area (Å²) in [5.74, 6) is -0.735. The van der Waals surface area contributed by atoms with Crippen molar-refractivity contribution >= 4 is 33.4 Å². The number of rotatable bonds is 6. The molecule has 0 saturated carbocycles. The van der Waals surface area contributed by atoms with E-state index in [1.165, 1.54) is 24.0 Å². The van der Waals surface area contributed by atoms with E-state index < -0.39 is 5.82 Å². The zero-order chi connectivity index (χ0) is 17.5. The summed E-state index contributed by atoms with van der Waals surface area (Å²) >= 11 is 3.35. The molecule has 4 nitrogen and oxygen atoms in total. The molecule has 126 valence electrons. The number of nitrogens with zero attached hydrogens (tertiary/aromatic N) is 1. The molecule has 2 rings (SSSR count). The molecular formula is C18H18BrFN2O2. The molecule has 0 radical (unpaired) electrons. The van der Waals surface area contributed by atoms with Crippen LogP contribution in [0, 0.1) is 5.82 Å². The number of anilines is 1. The van der Waals surface area contributed by atoms with Crippen molar-refractivity contribution in [1.29, 1.82) is 0 Å². The smallest absolute Gasteiger partial charge is 0.224 e. The average Bonchev–Trinajstić information content (AvgIpc) is 2.53. The maximum atomic E-state index is 13.3. The molecule has 2 aromatic carbocycles. The van der Waals surface area contributed by atoms with Gasteiger partial charge in [0, 0.05) is 30.2 Å². The second-order valence-electron chi connectivity index (χ2n) is 5.30. The van der Waals surface area contributed by atoms with Crippen LogP contribution in [0.25, 0.3) is 0 Å². The van der Waals surface area contributed by atoms with Crippen LogP contribution in [0.3, 0.4) is 0 Å². The summed E-state index contributed by atoms with van der Waals surface area (Å²) < 4.78 is 14.3. The van der Waals surface area contributed by atoms with Gasteiger partial charge in [0.2, 0.25) is 11.8 Å². The second-order valence-corrected chi connectivity index (χ2v) is 6.22. The lowest BCUT2D eigenvalue weighted by molar-refractivity contribution is -0.121. The zero-order valence-corrected chi connectivity index (χ0v) is 14.8. The van der Waals surface area contributed by atoms with Crippen LogP contribution >= 0.6 is 15.9 Å². The van der Waals surface area contributed by atoms with Crippen molar-refractivity contribution in [3.63, 3.8) is 0 Å². The quantitative estimate of drug-likeness (QED) is 0.819. The molecule has 0 aliphatic heterocycles. The van der Waals surface area contributed by atoms with Crippen molar-refractivity contribution in [3.05, 3.63) is 64.4 Å². The van der Waals surface area contributed by atoms with E-state index in [0.717, 1.165) is 10.0 Å². The van der Waals surface area contributed by atoms with Crippen LogP contribution in [0.5, 0.6) is 0 Å². The Labute approximate surface area is 148 Å². The minimum absolute atomic E-state index is 0.125. The molecule has 0 atom stereocenters. The Morgan fingerprint density at radius 3 is 2.50 bits per heavy atom. The highest BCUT2D eigenvalue weighted by molar-refractivity contribution is 9.10. The number of benzene rings is 2. The van der Waals surface area contributed by atoms with Crippen molar-refractivity contribution < 1.29 is 14.0 Å². The van der Waals surface area contributed by atoms with Gasteiger partial charge < -0.3 is 10.2 Å². The minimum Gasteiger partial charge on any atom is -0.354 e. The number of carbonyl (C=O) groups is 2. The van der Waals surface area contributed by atoms with Crippen LogP contribution in [0.15, 0.2) is 53.0 Å². The molecule has 0 aliphatic carbocycles. The summed E-state index contributed by atoms with van der Waals surface area (Å²) in [6, 6.07) is 13.3. The number of halogens is 2. The first kappa shape index (κ1) is 18.1. The molecule has 0 aromatic heterocycles. The number of nitrogens with one attached hydrogen (secondary N) is 1. The van der Waals surface area contributed by atoms with Gasteiger partial charge in [0.15, 0.2) is 0 Å². The van der Waals surface area contributed by atoms with Gasteiger partial charge in [-0.1, -0.05) is 34.1 Å². The van der Waals surface area contributed by atoms with E-state index in [1.54, 1.807) is 12.1 Å². The number of amides is 2. The van der Waals surface area contributed by atoms with E-state index in [9.17, 15) is 14.0 Å². The monoisotopic (exact) mass is 392 g/mol. The first-order valence-electron chi connectivity index (χ1n) is 7.50. The first-order chi connectivity index (χ1) is 11.5. The minimum atomic E-state index is -0.405. The van der Waals surface area contributed by atoms with Gasteiger partial charge in [-0.15, -0.1) is 0 Å². The Balaban J connectivity index is 1.87. The number of carbonyl (C=O) groups excluding carboxylic acids is 2. The molecule has 24 heavy (non-hydrogen) atoms. The summed E-state index contributed by atoms with van der Waals surface area (Å²) in [6.45, 7) is 1.99. The van der Waals surface area contributed by atoms with Gasteiger partial charge in [-0.2, -0.15) is 0 Å². The molecule has 0 saturated heterocycles. The fraction of sp³-hybridized carbons (Fsp3) is 0.222. The standard InChI is InChI=1S/C18H18BrFN2O2/c1-13(23)22(17-4-2-3-16(20)12-17)10-9-21-18(24)11-14-5-7-15(19)8-6-14/h2-8,12H,9-11H2,1H3,(H,21,24). The van der Waals surface area contributed by atoms with Crippen LogP contribution in [0.4, 0.5) is 10.1 Å². The van der Waals surface area contributed by atoms with Crippen LogP contribution < -0.4 is 10.2 Å². The predicted molar refractivity (Wildman–Crippen MR) is 95.3 cm³/mol. The third-order valence-electron chi connectivity index (χ3n) is 3.44. The highest BCUT2D eigenvalue weighted by atomic mass is 79.9. The lowest BCUT2D eigenvalue weighted by Crippen LogP contribution is -2.38. The molecule has 1 N–H and O–H groups in total. The fourth-order valence-electron chi connectivity index (χ4n) is 2.27. The Bertz CT molecular complexity index is 719. The van der Waals surface area contributed by atoms with Gasteiger partial charge in [0.05, 0.1) is 6.42 Å². The Morgan fingerprint density at radius 1 is 1.17 bits per heavy atom. The first-order valence-corrected chi connectivity index (χ1v) is 8.30. The third kappa shape index (κ3) is 5.45. The summed E-state index contributed by atoms with van der Waals surface area (Å²) in [5.41, 5.74) is 1.38. The van der Waals surface area contributed by atoms with Gasteiger partial charge in [0.1, 0.15) is 5.82 Å². The van der Waals surface area contributed by atoms with E-state index in [-0.39, 0.29) is 24.8 Å². The molecular weight excluding hydrogens is 375 g/mol. The molecule has 2 aromatic rings. The Hall–Kier alpha value is -2.21. The Kier molecular flexibility index (Phi) is 6.49. The largest absolute Gasteiger partial charge is 0.354 e. The van der Waals surface area contributed by atoms with Crippen molar-refractivity contribution in [3.8, 4) is 0 Å². The summed E-state index contributed by atoms with van der Waals surface area (Å²) in [6.07, 6.45) is 0.271. The summed E-state index contributed by atoms with van der Waals surface area (Å²) in [4.78, 5) is 25.1. The molecule has 0 fully saturated rings. The fourth-order valence-corrected chi connectivity index (χ4v) is 2.53. The molecule has 0 unspecified atom stereocenters. The molecule has 0 heterocycles. The van der Waals surface area contributed by atoms with Gasteiger partial charge >= 0.3 is 0 Å². The van der Waals surface area contributed by atoms with E-state index >= 15 is 0 Å². The van der Waals surface area contributed by atoms with E-state index in [4.69, 9.17) is 0 Å². The van der Waals surface area contributed by atoms with Crippen molar-refractivity contribution in [1.82, 2.24) is 5.32 Å². The zero-order valence-electron chi connectivity index (χ0n) is 13.3. The van der Waals surface area contributed by atoms with Gasteiger partial charge in [-0.3, -0.25) is 9.59 Å². The number of hydrogen-bond acceptors (Lipinski definition) is 2. The topological polar surface area (TPSA) is 49.4 Å². The molecule has 0 aliphatic rings. The highest BCUT2D eigenvalue weighted by Crippen LogP contribution is 2.15. The van der Waals surface area contributed by atoms with Crippen molar-refractivity contribution in [2.75, 3.05) is 18.0 Å². The highest BCUT2D eigenvalue weighted by Gasteiger charge is 2.12. The van der Waals surface area contributed by atoms with E-state index in [0.29, 0.717) is 12.2 Å². The maximum Gasteiger partial charge on any atom is 0.224 e. The third-order valence-corrected chi connectivity index (χ3v) is 3.96. The summed E-state index contributed by atoms with van der Waals surface area (Å²) in [5, 5.41) is 2.78. The molecule has 6 heteroatoms. The SMILES string of the molecule is CC(=O)N(CCNC(=O)Cc1ccc(Br)cc1)c1cccc(F)c1. The molecule has 2 amide bonds. The van der Waals surface area contributed by atoms with Gasteiger partial charge in [-0.25, -0.2) is 4.39 Å². The Morgan fingerprint density at radius 2 is 1.88 bits per heavy atom. The average molecular weight is 393 g/mol. The van der Waals surface area contributed by atoms with Crippen molar-refractivity contribution in [2.45, 2.75) is 13.3 Å². The van der Waals surface area contributed by atoms with Gasteiger partial charge in [-0.05, 0) is 35.9 Å².